The van der Waals surface area contributed by atoms with Gasteiger partial charge in [0.15, 0.2) is 11.6 Å². The molecular weight excluding hydrogens is 319 g/mol. The summed E-state index contributed by atoms with van der Waals surface area (Å²) in [6.07, 6.45) is 4.25. The highest BCUT2D eigenvalue weighted by Gasteiger charge is 2.10. The van der Waals surface area contributed by atoms with Crippen molar-refractivity contribution >= 4 is 10.9 Å². The lowest BCUT2D eigenvalue weighted by Crippen LogP contribution is -2.09. The first-order chi connectivity index (χ1) is 12.2. The maximum atomic E-state index is 14.0. The van der Waals surface area contributed by atoms with Crippen molar-refractivity contribution in [2.45, 2.75) is 32.6 Å². The number of nitrogens with zero attached hydrogens (tertiary/aromatic N) is 1. The van der Waals surface area contributed by atoms with Crippen LogP contribution in [0.5, 0.6) is 5.75 Å². The minimum atomic E-state index is -0.414. The van der Waals surface area contributed by atoms with E-state index in [0.717, 1.165) is 25.7 Å². The first-order valence-corrected chi connectivity index (χ1v) is 8.61. The molecule has 0 amide bonds. The largest absolute Gasteiger partial charge is 0.490 e. The molecule has 0 fully saturated rings. The summed E-state index contributed by atoms with van der Waals surface area (Å²) >= 11 is 0. The van der Waals surface area contributed by atoms with Gasteiger partial charge in [-0.05, 0) is 36.8 Å². The monoisotopic (exact) mass is 340 g/mol. The van der Waals surface area contributed by atoms with Crippen LogP contribution < -0.4 is 10.3 Å². The number of ether oxygens (including phenoxy) is 1. The minimum Gasteiger partial charge on any atom is -0.490 e. The standard InChI is InChI=1S/C20H21FN2O2/c1-2-3-4-7-12-25-18-13-14(10-11-16(18)21)19-22-17-9-6-5-8-15(17)20(24)23-19/h5-6,8-11,13H,2-4,7,12H2,1H3,(H,22,23,24). The molecule has 0 saturated heterocycles. The summed E-state index contributed by atoms with van der Waals surface area (Å²) in [5, 5.41) is 0.528. The molecular formula is C20H21FN2O2. The molecule has 0 aliphatic carbocycles. The quantitative estimate of drug-likeness (QED) is 0.635. The molecule has 0 atom stereocenters. The van der Waals surface area contributed by atoms with Gasteiger partial charge in [-0.15, -0.1) is 0 Å². The fourth-order valence-electron chi connectivity index (χ4n) is 2.70. The smallest absolute Gasteiger partial charge is 0.259 e. The number of fused-ring (bicyclic) bond motifs is 1. The lowest BCUT2D eigenvalue weighted by Gasteiger charge is -2.09. The van der Waals surface area contributed by atoms with Crippen LogP contribution in [0, 0.1) is 5.82 Å². The zero-order valence-corrected chi connectivity index (χ0v) is 14.2. The molecule has 0 spiro atoms. The van der Waals surface area contributed by atoms with Gasteiger partial charge in [0.2, 0.25) is 0 Å². The van der Waals surface area contributed by atoms with E-state index in [1.807, 2.05) is 6.07 Å². The fraction of sp³-hybridized carbons (Fsp3) is 0.300. The highest BCUT2D eigenvalue weighted by molar-refractivity contribution is 5.79. The normalized spacial score (nSPS) is 11.0. The third kappa shape index (κ3) is 4.05. The van der Waals surface area contributed by atoms with Crippen LogP contribution in [-0.2, 0) is 0 Å². The predicted molar refractivity (Wildman–Crippen MR) is 97.4 cm³/mol. The molecule has 1 aromatic heterocycles. The number of hydrogen-bond acceptors (Lipinski definition) is 3. The average molecular weight is 340 g/mol. The third-order valence-corrected chi connectivity index (χ3v) is 4.07. The van der Waals surface area contributed by atoms with Gasteiger partial charge in [-0.25, -0.2) is 9.37 Å². The zero-order chi connectivity index (χ0) is 17.6. The van der Waals surface area contributed by atoms with Gasteiger partial charge in [0, 0.05) is 5.56 Å². The van der Waals surface area contributed by atoms with E-state index >= 15 is 0 Å². The summed E-state index contributed by atoms with van der Waals surface area (Å²) in [5.74, 6) is 0.173. The van der Waals surface area contributed by atoms with Crippen molar-refractivity contribution in [2.24, 2.45) is 0 Å². The maximum Gasteiger partial charge on any atom is 0.259 e. The lowest BCUT2D eigenvalue weighted by atomic mass is 10.1. The molecule has 1 heterocycles. The molecule has 3 rings (SSSR count). The van der Waals surface area contributed by atoms with Crippen molar-refractivity contribution in [3.05, 3.63) is 58.6 Å². The number of H-pyrrole nitrogens is 1. The molecule has 0 aliphatic heterocycles. The molecule has 2 aromatic carbocycles. The molecule has 25 heavy (non-hydrogen) atoms. The summed E-state index contributed by atoms with van der Waals surface area (Å²) in [5.41, 5.74) is 1.01. The highest BCUT2D eigenvalue weighted by atomic mass is 19.1. The Hall–Kier alpha value is -2.69. The highest BCUT2D eigenvalue weighted by Crippen LogP contribution is 2.25. The van der Waals surface area contributed by atoms with Gasteiger partial charge in [-0.3, -0.25) is 4.79 Å². The minimum absolute atomic E-state index is 0.185. The summed E-state index contributed by atoms with van der Waals surface area (Å²) < 4.78 is 19.5. The number of hydrogen-bond donors (Lipinski definition) is 1. The Morgan fingerprint density at radius 3 is 2.80 bits per heavy atom. The van der Waals surface area contributed by atoms with E-state index in [9.17, 15) is 9.18 Å². The number of nitrogens with one attached hydrogen (secondary N) is 1. The Labute approximate surface area is 145 Å². The van der Waals surface area contributed by atoms with E-state index < -0.39 is 5.82 Å². The van der Waals surface area contributed by atoms with Gasteiger partial charge >= 0.3 is 0 Å². The second-order valence-electron chi connectivity index (χ2n) is 5.99. The van der Waals surface area contributed by atoms with Gasteiger partial charge < -0.3 is 9.72 Å². The van der Waals surface area contributed by atoms with Crippen molar-refractivity contribution in [3.8, 4) is 17.1 Å². The molecule has 0 radical (unpaired) electrons. The van der Waals surface area contributed by atoms with Gasteiger partial charge in [0.05, 0.1) is 17.5 Å². The van der Waals surface area contributed by atoms with Crippen LogP contribution in [0.25, 0.3) is 22.3 Å². The SMILES string of the molecule is CCCCCCOc1cc(-c2nc3ccccc3c(=O)[nH]2)ccc1F. The van der Waals surface area contributed by atoms with Crippen LogP contribution >= 0.6 is 0 Å². The first-order valence-electron chi connectivity index (χ1n) is 8.61. The van der Waals surface area contributed by atoms with Crippen LogP contribution in [-0.4, -0.2) is 16.6 Å². The predicted octanol–water partition coefficient (Wildman–Crippen LogP) is 4.69. The Bertz CT molecular complexity index is 921. The molecule has 130 valence electrons. The molecule has 4 nitrogen and oxygen atoms in total. The van der Waals surface area contributed by atoms with Crippen molar-refractivity contribution < 1.29 is 9.13 Å². The first kappa shape index (κ1) is 17.1. The number of unbranched alkanes of at least 4 members (excludes halogenated alkanes) is 3. The Balaban J connectivity index is 1.85. The number of halogens is 1. The molecule has 0 saturated carbocycles. The maximum absolute atomic E-state index is 14.0. The molecule has 3 aromatic rings. The molecule has 0 unspecified atom stereocenters. The van der Waals surface area contributed by atoms with Crippen LogP contribution in [0.1, 0.15) is 32.6 Å². The lowest BCUT2D eigenvalue weighted by molar-refractivity contribution is 0.290. The molecule has 5 heteroatoms. The van der Waals surface area contributed by atoms with Crippen LogP contribution in [0.3, 0.4) is 0 Å². The van der Waals surface area contributed by atoms with E-state index in [1.165, 1.54) is 6.07 Å². The second kappa shape index (κ2) is 7.92. The number of aromatic amines is 1. The summed E-state index contributed by atoms with van der Waals surface area (Å²) in [6, 6.07) is 11.6. The number of rotatable bonds is 7. The van der Waals surface area contributed by atoms with Crippen LogP contribution in [0.2, 0.25) is 0 Å². The number of benzene rings is 2. The summed E-state index contributed by atoms with van der Waals surface area (Å²) in [4.78, 5) is 19.4. The molecule has 0 bridgehead atoms. The van der Waals surface area contributed by atoms with E-state index in [4.69, 9.17) is 4.74 Å². The topological polar surface area (TPSA) is 55.0 Å². The summed E-state index contributed by atoms with van der Waals surface area (Å²) in [6.45, 7) is 2.61. The van der Waals surface area contributed by atoms with Crippen molar-refractivity contribution in [1.29, 1.82) is 0 Å². The van der Waals surface area contributed by atoms with Crippen molar-refractivity contribution in [2.75, 3.05) is 6.61 Å². The fourth-order valence-corrected chi connectivity index (χ4v) is 2.70. The average Bonchev–Trinajstić information content (AvgIpc) is 2.63. The van der Waals surface area contributed by atoms with Crippen molar-refractivity contribution in [1.82, 2.24) is 9.97 Å². The van der Waals surface area contributed by atoms with Gasteiger partial charge in [-0.1, -0.05) is 38.3 Å². The van der Waals surface area contributed by atoms with Gasteiger partial charge in [0.25, 0.3) is 5.56 Å². The van der Waals surface area contributed by atoms with E-state index in [-0.39, 0.29) is 11.3 Å². The van der Waals surface area contributed by atoms with Crippen molar-refractivity contribution in [3.63, 3.8) is 0 Å². The third-order valence-electron chi connectivity index (χ3n) is 4.07. The summed E-state index contributed by atoms with van der Waals surface area (Å²) in [7, 11) is 0. The van der Waals surface area contributed by atoms with E-state index in [1.54, 1.807) is 30.3 Å². The Morgan fingerprint density at radius 2 is 1.96 bits per heavy atom. The van der Waals surface area contributed by atoms with Crippen LogP contribution in [0.15, 0.2) is 47.3 Å². The van der Waals surface area contributed by atoms with Gasteiger partial charge in [-0.2, -0.15) is 0 Å². The number of para-hydroxylation sites is 1. The molecule has 1 N–H and O–H groups in total. The Morgan fingerprint density at radius 1 is 1.12 bits per heavy atom. The van der Waals surface area contributed by atoms with Crippen LogP contribution in [0.4, 0.5) is 4.39 Å². The van der Waals surface area contributed by atoms with Gasteiger partial charge in [0.1, 0.15) is 5.82 Å². The second-order valence-corrected chi connectivity index (χ2v) is 5.99. The zero-order valence-electron chi connectivity index (χ0n) is 14.2. The molecule has 0 aliphatic rings. The Kier molecular flexibility index (Phi) is 5.43. The van der Waals surface area contributed by atoms with E-state index in [2.05, 4.69) is 16.9 Å². The number of aromatic nitrogens is 2. The van der Waals surface area contributed by atoms with E-state index in [0.29, 0.717) is 28.9 Å².